The zero-order valence-electron chi connectivity index (χ0n) is 12.9. The summed E-state index contributed by atoms with van der Waals surface area (Å²) in [5.41, 5.74) is 4.32. The van der Waals surface area contributed by atoms with Gasteiger partial charge in [0, 0.05) is 28.8 Å². The first-order valence-corrected chi connectivity index (χ1v) is 8.27. The summed E-state index contributed by atoms with van der Waals surface area (Å²) in [4.78, 5) is 12.0. The van der Waals surface area contributed by atoms with Crippen LogP contribution in [0, 0.1) is 6.92 Å². The van der Waals surface area contributed by atoms with Crippen LogP contribution >= 0.6 is 15.9 Å². The van der Waals surface area contributed by atoms with E-state index in [1.165, 1.54) is 5.56 Å². The Balaban J connectivity index is 1.84. The van der Waals surface area contributed by atoms with E-state index in [1.807, 2.05) is 37.3 Å². The maximum absolute atomic E-state index is 12.0. The molecule has 2 N–H and O–H groups in total. The van der Waals surface area contributed by atoms with Gasteiger partial charge in [-0.2, -0.15) is 0 Å². The van der Waals surface area contributed by atoms with E-state index in [0.29, 0.717) is 13.0 Å². The van der Waals surface area contributed by atoms with Gasteiger partial charge < -0.3 is 10.6 Å². The van der Waals surface area contributed by atoms with E-state index in [0.717, 1.165) is 27.8 Å². The van der Waals surface area contributed by atoms with Crippen LogP contribution in [-0.2, 0) is 11.2 Å². The maximum Gasteiger partial charge on any atom is 0.226 e. The largest absolute Gasteiger partial charge is 0.384 e. The molecule has 0 spiro atoms. The van der Waals surface area contributed by atoms with Gasteiger partial charge in [0.05, 0.1) is 0 Å². The Morgan fingerprint density at radius 2 is 1.95 bits per heavy atom. The highest BCUT2D eigenvalue weighted by atomic mass is 79.9. The minimum Gasteiger partial charge on any atom is -0.384 e. The third-order valence-electron chi connectivity index (χ3n) is 3.51. The monoisotopic (exact) mass is 360 g/mol. The van der Waals surface area contributed by atoms with Crippen molar-refractivity contribution < 1.29 is 4.79 Å². The molecular formula is C18H21BrN2O. The quantitative estimate of drug-likeness (QED) is 0.779. The lowest BCUT2D eigenvalue weighted by atomic mass is 10.1. The number of anilines is 2. The Hall–Kier alpha value is -1.81. The first kappa shape index (κ1) is 16.6. The molecule has 0 heterocycles. The van der Waals surface area contributed by atoms with Gasteiger partial charge in [0.25, 0.3) is 0 Å². The average Bonchev–Trinajstić information content (AvgIpc) is 2.51. The smallest absolute Gasteiger partial charge is 0.226 e. The predicted octanol–water partition coefficient (Wildman–Crippen LogP) is 4.76. The molecular weight excluding hydrogens is 340 g/mol. The van der Waals surface area contributed by atoms with E-state index in [1.54, 1.807) is 0 Å². The van der Waals surface area contributed by atoms with E-state index in [-0.39, 0.29) is 5.91 Å². The van der Waals surface area contributed by atoms with E-state index in [2.05, 4.69) is 45.6 Å². The number of amides is 1. The van der Waals surface area contributed by atoms with Gasteiger partial charge in [0.2, 0.25) is 5.91 Å². The average molecular weight is 361 g/mol. The number of halogens is 1. The molecule has 2 rings (SSSR count). The van der Waals surface area contributed by atoms with Crippen molar-refractivity contribution in [3.05, 3.63) is 58.1 Å². The highest BCUT2D eigenvalue weighted by molar-refractivity contribution is 9.10. The lowest BCUT2D eigenvalue weighted by molar-refractivity contribution is -0.115. The van der Waals surface area contributed by atoms with Crippen LogP contribution in [0.3, 0.4) is 0 Å². The molecule has 4 heteroatoms. The number of hydrogen-bond acceptors (Lipinski definition) is 2. The van der Waals surface area contributed by atoms with Crippen LogP contribution < -0.4 is 10.6 Å². The highest BCUT2D eigenvalue weighted by Crippen LogP contribution is 2.20. The summed E-state index contributed by atoms with van der Waals surface area (Å²) in [6.45, 7) is 4.75. The van der Waals surface area contributed by atoms with Crippen molar-refractivity contribution >= 4 is 33.2 Å². The van der Waals surface area contributed by atoms with Crippen LogP contribution in [-0.4, -0.2) is 12.5 Å². The van der Waals surface area contributed by atoms with Gasteiger partial charge in [-0.15, -0.1) is 0 Å². The summed E-state index contributed by atoms with van der Waals surface area (Å²) in [5, 5.41) is 6.26. The molecule has 0 aliphatic heterocycles. The van der Waals surface area contributed by atoms with Gasteiger partial charge in [-0.3, -0.25) is 4.79 Å². The number of nitrogens with one attached hydrogen (secondary N) is 2. The summed E-state index contributed by atoms with van der Waals surface area (Å²) in [6.07, 6.45) is 1.42. The molecule has 0 radical (unpaired) electrons. The number of rotatable bonds is 6. The molecule has 0 unspecified atom stereocenters. The van der Waals surface area contributed by atoms with Crippen LogP contribution in [0.25, 0.3) is 0 Å². The fourth-order valence-electron chi connectivity index (χ4n) is 2.26. The first-order valence-electron chi connectivity index (χ1n) is 7.48. The molecule has 0 aliphatic rings. The minimum absolute atomic E-state index is 0.0169. The number of hydrogen-bond donors (Lipinski definition) is 2. The SMILES string of the molecule is CCc1ccccc1NCCC(=O)Nc1ccc(Br)c(C)c1. The van der Waals surface area contributed by atoms with Crippen LogP contribution in [0.2, 0.25) is 0 Å². The van der Waals surface area contributed by atoms with Crippen LogP contribution in [0.15, 0.2) is 46.9 Å². The molecule has 0 saturated heterocycles. The lowest BCUT2D eigenvalue weighted by Crippen LogP contribution is -2.16. The fourth-order valence-corrected chi connectivity index (χ4v) is 2.50. The third-order valence-corrected chi connectivity index (χ3v) is 4.40. The van der Waals surface area contributed by atoms with Crippen LogP contribution in [0.5, 0.6) is 0 Å². The molecule has 2 aromatic rings. The molecule has 3 nitrogen and oxygen atoms in total. The topological polar surface area (TPSA) is 41.1 Å². The van der Waals surface area contributed by atoms with Crippen molar-refractivity contribution in [2.75, 3.05) is 17.2 Å². The molecule has 2 aromatic carbocycles. The van der Waals surface area contributed by atoms with Gasteiger partial charge in [-0.25, -0.2) is 0 Å². The zero-order valence-corrected chi connectivity index (χ0v) is 14.5. The van der Waals surface area contributed by atoms with Gasteiger partial charge in [-0.1, -0.05) is 41.1 Å². The molecule has 0 atom stereocenters. The Morgan fingerprint density at radius 3 is 2.68 bits per heavy atom. The second-order valence-electron chi connectivity index (χ2n) is 5.20. The Labute approximate surface area is 140 Å². The Kier molecular flexibility index (Phi) is 6.01. The molecule has 1 amide bonds. The molecule has 0 saturated carbocycles. The fraction of sp³-hybridized carbons (Fsp3) is 0.278. The molecule has 116 valence electrons. The molecule has 0 bridgehead atoms. The highest BCUT2D eigenvalue weighted by Gasteiger charge is 2.05. The summed E-state index contributed by atoms with van der Waals surface area (Å²) in [6, 6.07) is 14.0. The van der Waals surface area contributed by atoms with E-state index in [9.17, 15) is 4.79 Å². The van der Waals surface area contributed by atoms with Crippen molar-refractivity contribution in [1.29, 1.82) is 0 Å². The standard InChI is InChI=1S/C18H21BrN2O/c1-3-14-6-4-5-7-17(14)20-11-10-18(22)21-15-8-9-16(19)13(2)12-15/h4-9,12,20H,3,10-11H2,1-2H3,(H,21,22). The number of aryl methyl sites for hydroxylation is 2. The van der Waals surface area contributed by atoms with Gasteiger partial charge >= 0.3 is 0 Å². The van der Waals surface area contributed by atoms with Crippen molar-refractivity contribution in [2.24, 2.45) is 0 Å². The lowest BCUT2D eigenvalue weighted by Gasteiger charge is -2.11. The van der Waals surface area contributed by atoms with Gasteiger partial charge in [0.15, 0.2) is 0 Å². The molecule has 0 aromatic heterocycles. The summed E-state index contributed by atoms with van der Waals surface area (Å²) >= 11 is 3.45. The van der Waals surface area contributed by atoms with Crippen molar-refractivity contribution in [3.63, 3.8) is 0 Å². The number of para-hydroxylation sites is 1. The summed E-state index contributed by atoms with van der Waals surface area (Å²) in [7, 11) is 0. The molecule has 0 fully saturated rings. The zero-order chi connectivity index (χ0) is 15.9. The van der Waals surface area contributed by atoms with Gasteiger partial charge in [-0.05, 0) is 48.7 Å². The van der Waals surface area contributed by atoms with E-state index >= 15 is 0 Å². The van der Waals surface area contributed by atoms with Gasteiger partial charge in [0.1, 0.15) is 0 Å². The maximum atomic E-state index is 12.0. The van der Waals surface area contributed by atoms with Crippen LogP contribution in [0.4, 0.5) is 11.4 Å². The van der Waals surface area contributed by atoms with Crippen LogP contribution in [0.1, 0.15) is 24.5 Å². The second kappa shape index (κ2) is 7.99. The van der Waals surface area contributed by atoms with E-state index < -0.39 is 0 Å². The molecule has 22 heavy (non-hydrogen) atoms. The number of benzene rings is 2. The van der Waals surface area contributed by atoms with E-state index in [4.69, 9.17) is 0 Å². The Bertz CT molecular complexity index is 655. The third kappa shape index (κ3) is 4.60. The number of carbonyl (C=O) groups excluding carboxylic acids is 1. The van der Waals surface area contributed by atoms with Crippen molar-refractivity contribution in [3.8, 4) is 0 Å². The minimum atomic E-state index is 0.0169. The molecule has 0 aliphatic carbocycles. The van der Waals surface area contributed by atoms with Crippen molar-refractivity contribution in [1.82, 2.24) is 0 Å². The summed E-state index contributed by atoms with van der Waals surface area (Å²) in [5.74, 6) is 0.0169. The summed E-state index contributed by atoms with van der Waals surface area (Å²) < 4.78 is 1.04. The van der Waals surface area contributed by atoms with Crippen molar-refractivity contribution in [2.45, 2.75) is 26.7 Å². The second-order valence-corrected chi connectivity index (χ2v) is 6.05. The Morgan fingerprint density at radius 1 is 1.18 bits per heavy atom. The first-order chi connectivity index (χ1) is 10.6. The normalized spacial score (nSPS) is 10.3. The predicted molar refractivity (Wildman–Crippen MR) is 96.4 cm³/mol. The number of carbonyl (C=O) groups is 1.